The summed E-state index contributed by atoms with van der Waals surface area (Å²) in [4.78, 5) is 10.5. The van der Waals surface area contributed by atoms with Crippen molar-refractivity contribution in [2.24, 2.45) is 5.92 Å². The summed E-state index contributed by atoms with van der Waals surface area (Å²) in [7, 11) is 0. The lowest BCUT2D eigenvalue weighted by molar-refractivity contribution is 0.487. The molecule has 5 heteroatoms. The molecule has 2 heterocycles. The first-order valence-electron chi connectivity index (χ1n) is 4.91. The van der Waals surface area contributed by atoms with E-state index in [-0.39, 0.29) is 5.92 Å². The van der Waals surface area contributed by atoms with Crippen molar-refractivity contribution in [2.75, 3.05) is 18.0 Å². The highest BCUT2D eigenvalue weighted by atomic mass is 79.9. The van der Waals surface area contributed by atoms with Crippen molar-refractivity contribution in [3.8, 4) is 6.07 Å². The minimum atomic E-state index is 0.117. The van der Waals surface area contributed by atoms with Gasteiger partial charge in [0.1, 0.15) is 0 Å². The van der Waals surface area contributed by atoms with Crippen LogP contribution in [-0.2, 0) is 0 Å². The fourth-order valence-corrected chi connectivity index (χ4v) is 1.94. The molecule has 78 valence electrons. The summed E-state index contributed by atoms with van der Waals surface area (Å²) in [5, 5.41) is 8.87. The monoisotopic (exact) mass is 266 g/mol. The fourth-order valence-electron chi connectivity index (χ4n) is 1.73. The Labute approximate surface area is 97.1 Å². The van der Waals surface area contributed by atoms with Crippen LogP contribution in [0.3, 0.4) is 0 Å². The SMILES string of the molecule is N#CC1CCCN(c2ncc(Br)cn2)C1. The molecule has 0 amide bonds. The third-order valence-electron chi connectivity index (χ3n) is 2.49. The van der Waals surface area contributed by atoms with E-state index in [0.717, 1.165) is 36.4 Å². The van der Waals surface area contributed by atoms with Crippen LogP contribution in [0.25, 0.3) is 0 Å². The van der Waals surface area contributed by atoms with Crippen LogP contribution in [0.1, 0.15) is 12.8 Å². The lowest BCUT2D eigenvalue weighted by Crippen LogP contribution is -2.35. The van der Waals surface area contributed by atoms with Gasteiger partial charge in [0.05, 0.1) is 16.5 Å². The number of hydrogen-bond donors (Lipinski definition) is 0. The molecule has 0 bridgehead atoms. The summed E-state index contributed by atoms with van der Waals surface area (Å²) >= 11 is 3.30. The van der Waals surface area contributed by atoms with Crippen LogP contribution in [-0.4, -0.2) is 23.1 Å². The lowest BCUT2D eigenvalue weighted by Gasteiger charge is -2.29. The zero-order valence-electron chi connectivity index (χ0n) is 8.23. The van der Waals surface area contributed by atoms with E-state index in [2.05, 4.69) is 36.9 Å². The van der Waals surface area contributed by atoms with Gasteiger partial charge in [0, 0.05) is 25.5 Å². The van der Waals surface area contributed by atoms with Crippen molar-refractivity contribution in [3.05, 3.63) is 16.9 Å². The van der Waals surface area contributed by atoms with Gasteiger partial charge in [0.2, 0.25) is 5.95 Å². The summed E-state index contributed by atoms with van der Waals surface area (Å²) in [6.07, 6.45) is 5.50. The molecule has 15 heavy (non-hydrogen) atoms. The van der Waals surface area contributed by atoms with Gasteiger partial charge in [-0.25, -0.2) is 9.97 Å². The van der Waals surface area contributed by atoms with Gasteiger partial charge in [-0.3, -0.25) is 0 Å². The largest absolute Gasteiger partial charge is 0.340 e. The average molecular weight is 267 g/mol. The Bertz CT molecular complexity index is 370. The van der Waals surface area contributed by atoms with Gasteiger partial charge < -0.3 is 4.90 Å². The molecule has 1 aliphatic heterocycles. The van der Waals surface area contributed by atoms with Gasteiger partial charge in [0.15, 0.2) is 0 Å². The molecule has 2 rings (SSSR count). The van der Waals surface area contributed by atoms with E-state index >= 15 is 0 Å². The number of nitriles is 1. The van der Waals surface area contributed by atoms with Gasteiger partial charge in [-0.1, -0.05) is 0 Å². The number of halogens is 1. The maximum absolute atomic E-state index is 8.87. The van der Waals surface area contributed by atoms with Crippen LogP contribution in [0.2, 0.25) is 0 Å². The van der Waals surface area contributed by atoms with E-state index < -0.39 is 0 Å². The molecule has 0 N–H and O–H groups in total. The van der Waals surface area contributed by atoms with E-state index in [1.807, 2.05) is 0 Å². The molecule has 0 spiro atoms. The molecule has 0 aromatic carbocycles. The van der Waals surface area contributed by atoms with E-state index in [1.54, 1.807) is 12.4 Å². The normalized spacial score (nSPS) is 21.1. The van der Waals surface area contributed by atoms with Gasteiger partial charge >= 0.3 is 0 Å². The first kappa shape index (κ1) is 10.4. The van der Waals surface area contributed by atoms with Crippen molar-refractivity contribution in [3.63, 3.8) is 0 Å². The van der Waals surface area contributed by atoms with Crippen LogP contribution in [0, 0.1) is 17.2 Å². The topological polar surface area (TPSA) is 52.8 Å². The first-order chi connectivity index (χ1) is 7.29. The summed E-state index contributed by atoms with van der Waals surface area (Å²) in [6.45, 7) is 1.69. The number of anilines is 1. The Hall–Kier alpha value is -1.15. The second-order valence-electron chi connectivity index (χ2n) is 3.62. The van der Waals surface area contributed by atoms with Gasteiger partial charge in [0.25, 0.3) is 0 Å². The Morgan fingerprint density at radius 3 is 2.87 bits per heavy atom. The molecule has 1 atom stereocenters. The summed E-state index contributed by atoms with van der Waals surface area (Å²) in [5.74, 6) is 0.837. The molecule has 1 aromatic heterocycles. The smallest absolute Gasteiger partial charge is 0.225 e. The molecule has 0 radical (unpaired) electrons. The number of hydrogen-bond acceptors (Lipinski definition) is 4. The van der Waals surface area contributed by atoms with Crippen LogP contribution in [0.15, 0.2) is 16.9 Å². The molecule has 1 aromatic rings. The fraction of sp³-hybridized carbons (Fsp3) is 0.500. The second kappa shape index (κ2) is 4.58. The highest BCUT2D eigenvalue weighted by Crippen LogP contribution is 2.20. The van der Waals surface area contributed by atoms with E-state index in [1.165, 1.54) is 0 Å². The third kappa shape index (κ3) is 2.45. The van der Waals surface area contributed by atoms with E-state index in [9.17, 15) is 0 Å². The van der Waals surface area contributed by atoms with Gasteiger partial charge in [-0.15, -0.1) is 0 Å². The highest BCUT2D eigenvalue weighted by molar-refractivity contribution is 9.10. The highest BCUT2D eigenvalue weighted by Gasteiger charge is 2.20. The van der Waals surface area contributed by atoms with Crippen LogP contribution < -0.4 is 4.90 Å². The van der Waals surface area contributed by atoms with E-state index in [4.69, 9.17) is 5.26 Å². The second-order valence-corrected chi connectivity index (χ2v) is 4.53. The molecule has 1 aliphatic rings. The zero-order chi connectivity index (χ0) is 10.7. The predicted molar refractivity (Wildman–Crippen MR) is 60.3 cm³/mol. The minimum Gasteiger partial charge on any atom is -0.340 e. The standard InChI is InChI=1S/C10H11BrN4/c11-9-5-13-10(14-6-9)15-3-1-2-8(4-12)7-15/h5-6,8H,1-3,7H2. The van der Waals surface area contributed by atoms with Crippen molar-refractivity contribution in [1.29, 1.82) is 5.26 Å². The average Bonchev–Trinajstić information content (AvgIpc) is 2.30. The van der Waals surface area contributed by atoms with Crippen molar-refractivity contribution in [2.45, 2.75) is 12.8 Å². The molecule has 0 aliphatic carbocycles. The Morgan fingerprint density at radius 1 is 1.47 bits per heavy atom. The first-order valence-corrected chi connectivity index (χ1v) is 5.71. The molecule has 1 fully saturated rings. The Morgan fingerprint density at radius 2 is 2.20 bits per heavy atom. The lowest BCUT2D eigenvalue weighted by atomic mass is 10.0. The van der Waals surface area contributed by atoms with Crippen molar-refractivity contribution >= 4 is 21.9 Å². The zero-order valence-corrected chi connectivity index (χ0v) is 9.81. The number of rotatable bonds is 1. The molecule has 0 saturated carbocycles. The summed E-state index contributed by atoms with van der Waals surface area (Å²) in [5.41, 5.74) is 0. The number of aromatic nitrogens is 2. The van der Waals surface area contributed by atoms with Crippen LogP contribution >= 0.6 is 15.9 Å². The van der Waals surface area contributed by atoms with Gasteiger partial charge in [-0.05, 0) is 28.8 Å². The molecule has 1 saturated heterocycles. The van der Waals surface area contributed by atoms with Crippen molar-refractivity contribution in [1.82, 2.24) is 9.97 Å². The van der Waals surface area contributed by atoms with Crippen LogP contribution in [0.5, 0.6) is 0 Å². The summed E-state index contributed by atoms with van der Waals surface area (Å²) in [6, 6.07) is 2.31. The maximum Gasteiger partial charge on any atom is 0.225 e. The van der Waals surface area contributed by atoms with Crippen molar-refractivity contribution < 1.29 is 0 Å². The van der Waals surface area contributed by atoms with Crippen LogP contribution in [0.4, 0.5) is 5.95 Å². The molecular formula is C10H11BrN4. The van der Waals surface area contributed by atoms with E-state index in [0.29, 0.717) is 0 Å². The maximum atomic E-state index is 8.87. The quantitative estimate of drug-likeness (QED) is 0.780. The molecule has 4 nitrogen and oxygen atoms in total. The predicted octanol–water partition coefficient (Wildman–Crippen LogP) is 1.98. The molecule has 1 unspecified atom stereocenters. The Kier molecular flexibility index (Phi) is 3.17. The Balaban J connectivity index is 2.10. The van der Waals surface area contributed by atoms with Gasteiger partial charge in [-0.2, -0.15) is 5.26 Å². The third-order valence-corrected chi connectivity index (χ3v) is 2.90. The molecular weight excluding hydrogens is 256 g/mol. The number of nitrogens with zero attached hydrogens (tertiary/aromatic N) is 4. The summed E-state index contributed by atoms with van der Waals surface area (Å²) < 4.78 is 0.875. The minimum absolute atomic E-state index is 0.117. The number of piperidine rings is 1.